The van der Waals surface area contributed by atoms with E-state index in [2.05, 4.69) is 6.58 Å². The summed E-state index contributed by atoms with van der Waals surface area (Å²) in [5, 5.41) is 11.6. The second kappa shape index (κ2) is 4.80. The minimum absolute atomic E-state index is 0.218. The summed E-state index contributed by atoms with van der Waals surface area (Å²) in [5.41, 5.74) is -0.165. The van der Waals surface area contributed by atoms with Gasteiger partial charge in [0.15, 0.2) is 0 Å². The number of benzene rings is 1. The highest BCUT2D eigenvalue weighted by atomic mass is 16.5. The van der Waals surface area contributed by atoms with Crippen molar-refractivity contribution in [2.45, 2.75) is 24.2 Å². The van der Waals surface area contributed by atoms with Gasteiger partial charge in [-0.2, -0.15) is 0 Å². The van der Waals surface area contributed by atoms with E-state index in [9.17, 15) is 14.7 Å². The molecule has 4 rings (SSSR count). The topological polar surface area (TPSA) is 69.7 Å². The van der Waals surface area contributed by atoms with Crippen LogP contribution in [0, 0.1) is 11.8 Å². The number of nitrogens with zero attached hydrogens (tertiary/aromatic N) is 1. The Morgan fingerprint density at radius 3 is 2.78 bits per heavy atom. The fourth-order valence-electron chi connectivity index (χ4n) is 4.26. The molecule has 0 aliphatic carbocycles. The monoisotopic (exact) mass is 310 g/mol. The normalized spacial score (nSPS) is 37.2. The molecular formula is C18H16NO4-. The van der Waals surface area contributed by atoms with Gasteiger partial charge < -0.3 is 19.5 Å². The molecule has 2 saturated heterocycles. The maximum Gasteiger partial charge on any atom is 0.234 e. The Kier molecular flexibility index (Phi) is 2.96. The van der Waals surface area contributed by atoms with Crippen molar-refractivity contribution in [3.63, 3.8) is 0 Å². The summed E-state index contributed by atoms with van der Waals surface area (Å²) in [5.74, 6) is -3.13. The number of carbonyl (C=O) groups is 2. The lowest BCUT2D eigenvalue weighted by atomic mass is 9.74. The van der Waals surface area contributed by atoms with Crippen molar-refractivity contribution >= 4 is 17.6 Å². The molecule has 1 aromatic carbocycles. The van der Waals surface area contributed by atoms with Gasteiger partial charge in [0.25, 0.3) is 0 Å². The van der Waals surface area contributed by atoms with Gasteiger partial charge >= 0.3 is 0 Å². The molecule has 5 atom stereocenters. The summed E-state index contributed by atoms with van der Waals surface area (Å²) >= 11 is 0. The molecule has 3 aliphatic rings. The van der Waals surface area contributed by atoms with E-state index in [0.717, 1.165) is 5.69 Å². The molecule has 3 aliphatic heterocycles. The number of carboxylic acids is 1. The van der Waals surface area contributed by atoms with E-state index < -0.39 is 29.5 Å². The van der Waals surface area contributed by atoms with Gasteiger partial charge in [-0.1, -0.05) is 36.4 Å². The molecule has 2 fully saturated rings. The first-order valence-corrected chi connectivity index (χ1v) is 7.67. The largest absolute Gasteiger partial charge is 0.550 e. The van der Waals surface area contributed by atoms with Crippen molar-refractivity contribution in [2.75, 3.05) is 4.90 Å². The van der Waals surface area contributed by atoms with Gasteiger partial charge in [-0.25, -0.2) is 0 Å². The summed E-state index contributed by atoms with van der Waals surface area (Å²) in [6.07, 6.45) is 5.28. The number of hydrogen-bond donors (Lipinski definition) is 0. The molecule has 1 amide bonds. The van der Waals surface area contributed by atoms with E-state index >= 15 is 0 Å². The van der Waals surface area contributed by atoms with E-state index in [4.69, 9.17) is 4.74 Å². The molecule has 1 spiro atoms. The summed E-state index contributed by atoms with van der Waals surface area (Å²) in [4.78, 5) is 26.3. The van der Waals surface area contributed by atoms with Gasteiger partial charge in [0, 0.05) is 17.6 Å². The predicted octanol–water partition coefficient (Wildman–Crippen LogP) is 0.668. The molecule has 2 bridgehead atoms. The molecule has 0 unspecified atom stereocenters. The molecule has 1 aromatic rings. The Bertz CT molecular complexity index is 713. The third kappa shape index (κ3) is 1.71. The van der Waals surface area contributed by atoms with Gasteiger partial charge in [0.1, 0.15) is 5.60 Å². The highest BCUT2D eigenvalue weighted by Gasteiger charge is 2.69. The first-order chi connectivity index (χ1) is 11.1. The fourth-order valence-corrected chi connectivity index (χ4v) is 4.26. The van der Waals surface area contributed by atoms with Crippen LogP contribution in [0.15, 0.2) is 55.1 Å². The van der Waals surface area contributed by atoms with Crippen molar-refractivity contribution in [1.29, 1.82) is 0 Å². The summed E-state index contributed by atoms with van der Waals surface area (Å²) in [6, 6.07) is 8.96. The highest BCUT2D eigenvalue weighted by Crippen LogP contribution is 2.56. The van der Waals surface area contributed by atoms with Crippen LogP contribution in [0.1, 0.15) is 6.42 Å². The van der Waals surface area contributed by atoms with Crippen molar-refractivity contribution in [2.24, 2.45) is 11.8 Å². The number of amides is 1. The number of hydrogen-bond acceptors (Lipinski definition) is 4. The van der Waals surface area contributed by atoms with Crippen LogP contribution in [0.2, 0.25) is 0 Å². The fraction of sp³-hybridized carbons (Fsp3) is 0.333. The zero-order valence-electron chi connectivity index (χ0n) is 12.4. The van der Waals surface area contributed by atoms with Crippen molar-refractivity contribution in [3.05, 3.63) is 55.1 Å². The van der Waals surface area contributed by atoms with Gasteiger partial charge in [0.05, 0.1) is 18.1 Å². The number of anilines is 1. The lowest BCUT2D eigenvalue weighted by Gasteiger charge is -2.32. The molecule has 0 N–H and O–H groups in total. The van der Waals surface area contributed by atoms with E-state index in [1.54, 1.807) is 17.1 Å². The maximum absolute atomic E-state index is 13.1. The van der Waals surface area contributed by atoms with Gasteiger partial charge in [-0.3, -0.25) is 4.79 Å². The first-order valence-electron chi connectivity index (χ1n) is 7.67. The number of fused-ring (bicyclic) bond motifs is 1. The summed E-state index contributed by atoms with van der Waals surface area (Å²) in [6.45, 7) is 3.78. The van der Waals surface area contributed by atoms with Crippen molar-refractivity contribution in [1.82, 2.24) is 0 Å². The van der Waals surface area contributed by atoms with Crippen LogP contribution >= 0.6 is 0 Å². The minimum atomic E-state index is -1.23. The molecule has 118 valence electrons. The Hall–Kier alpha value is -2.40. The van der Waals surface area contributed by atoms with Gasteiger partial charge in [-0.05, 0) is 18.6 Å². The number of carbonyl (C=O) groups excluding carboxylic acids is 2. The van der Waals surface area contributed by atoms with Crippen LogP contribution in [0.25, 0.3) is 0 Å². The zero-order chi connectivity index (χ0) is 16.2. The average Bonchev–Trinajstić information content (AvgIpc) is 3.18. The molecule has 5 heteroatoms. The number of carboxylic acid groups (broad SMARTS) is 1. The second-order valence-corrected chi connectivity index (χ2v) is 6.20. The standard InChI is InChI=1S/C18H17NO4/c1-2-6-13-18-10-9-12(23-18)14(17(21)22)15(18)16(20)19(13)11-7-4-3-5-8-11/h2-5,7-10,12-15H,1,6H2,(H,21,22)/p-1/t12-,13+,14-,15+,18-/m1/s1. The molecule has 23 heavy (non-hydrogen) atoms. The zero-order valence-corrected chi connectivity index (χ0v) is 12.4. The number of para-hydroxylation sites is 1. The second-order valence-electron chi connectivity index (χ2n) is 6.20. The minimum Gasteiger partial charge on any atom is -0.550 e. The lowest BCUT2D eigenvalue weighted by Crippen LogP contribution is -2.46. The Balaban J connectivity index is 1.85. The lowest BCUT2D eigenvalue weighted by molar-refractivity contribution is -0.313. The predicted molar refractivity (Wildman–Crippen MR) is 81.3 cm³/mol. The quantitative estimate of drug-likeness (QED) is 0.766. The molecule has 3 heterocycles. The summed E-state index contributed by atoms with van der Waals surface area (Å²) < 4.78 is 6.00. The van der Waals surface area contributed by atoms with Crippen LogP contribution < -0.4 is 10.0 Å². The third-order valence-corrected chi connectivity index (χ3v) is 5.12. The smallest absolute Gasteiger partial charge is 0.234 e. The number of ether oxygens (including phenoxy) is 1. The van der Waals surface area contributed by atoms with E-state index in [0.29, 0.717) is 6.42 Å². The van der Waals surface area contributed by atoms with Gasteiger partial charge in [0.2, 0.25) is 5.91 Å². The van der Waals surface area contributed by atoms with Crippen LogP contribution in [0.4, 0.5) is 5.69 Å². The van der Waals surface area contributed by atoms with Crippen LogP contribution in [-0.2, 0) is 14.3 Å². The Labute approximate surface area is 133 Å². The Morgan fingerprint density at radius 1 is 1.39 bits per heavy atom. The first kappa shape index (κ1) is 14.2. The van der Waals surface area contributed by atoms with Crippen LogP contribution in [0.5, 0.6) is 0 Å². The van der Waals surface area contributed by atoms with Gasteiger partial charge in [-0.15, -0.1) is 6.58 Å². The van der Waals surface area contributed by atoms with E-state index in [1.165, 1.54) is 0 Å². The van der Waals surface area contributed by atoms with Crippen LogP contribution in [-0.4, -0.2) is 29.6 Å². The molecule has 0 saturated carbocycles. The van der Waals surface area contributed by atoms with Crippen molar-refractivity contribution < 1.29 is 19.4 Å². The molecule has 0 radical (unpaired) electrons. The average molecular weight is 310 g/mol. The maximum atomic E-state index is 13.1. The molecule has 5 nitrogen and oxygen atoms in total. The number of rotatable bonds is 4. The SMILES string of the molecule is C=CC[C@@H]1N(c2ccccc2)C(=O)[C@@H]2[C@H](C(=O)[O-])[C@H]3C=C[C@]21O3. The molecule has 0 aromatic heterocycles. The Morgan fingerprint density at radius 2 is 2.13 bits per heavy atom. The van der Waals surface area contributed by atoms with E-state index in [-0.39, 0.29) is 11.9 Å². The van der Waals surface area contributed by atoms with Crippen molar-refractivity contribution in [3.8, 4) is 0 Å². The number of aliphatic carboxylic acids is 1. The highest BCUT2D eigenvalue weighted by molar-refractivity contribution is 6.03. The van der Waals surface area contributed by atoms with E-state index in [1.807, 2.05) is 36.4 Å². The van der Waals surface area contributed by atoms with Crippen LogP contribution in [0.3, 0.4) is 0 Å². The molecular weight excluding hydrogens is 294 g/mol. The summed E-state index contributed by atoms with van der Waals surface area (Å²) in [7, 11) is 0. The third-order valence-electron chi connectivity index (χ3n) is 5.12.